The van der Waals surface area contributed by atoms with E-state index in [4.69, 9.17) is 4.74 Å². The van der Waals surface area contributed by atoms with Crippen molar-refractivity contribution >= 4 is 11.7 Å². The molecule has 104 valence electrons. The molecular weight excluding hydrogens is 251 g/mol. The van der Waals surface area contributed by atoms with Gasteiger partial charge in [0.2, 0.25) is 0 Å². The number of amides is 1. The molecule has 19 heavy (non-hydrogen) atoms. The SMILES string of the molecule is COc1ccc(F)cc1C(=O)C(=O)NCCN(C)C. The van der Waals surface area contributed by atoms with Crippen LogP contribution in [0.4, 0.5) is 4.39 Å². The van der Waals surface area contributed by atoms with Crippen LogP contribution in [0, 0.1) is 5.82 Å². The maximum Gasteiger partial charge on any atom is 0.292 e. The van der Waals surface area contributed by atoms with E-state index in [1.54, 1.807) is 0 Å². The number of nitrogens with zero attached hydrogens (tertiary/aromatic N) is 1. The van der Waals surface area contributed by atoms with Gasteiger partial charge in [0.25, 0.3) is 11.7 Å². The van der Waals surface area contributed by atoms with Crippen molar-refractivity contribution in [3.8, 4) is 5.75 Å². The van der Waals surface area contributed by atoms with Crippen molar-refractivity contribution < 1.29 is 18.7 Å². The Bertz CT molecular complexity index is 475. The van der Waals surface area contributed by atoms with Crippen LogP contribution in [0.1, 0.15) is 10.4 Å². The Morgan fingerprint density at radius 3 is 2.63 bits per heavy atom. The van der Waals surface area contributed by atoms with E-state index in [2.05, 4.69) is 5.32 Å². The first-order valence-corrected chi connectivity index (χ1v) is 5.76. The van der Waals surface area contributed by atoms with Crippen molar-refractivity contribution in [1.29, 1.82) is 0 Å². The van der Waals surface area contributed by atoms with E-state index in [0.717, 1.165) is 6.07 Å². The van der Waals surface area contributed by atoms with Gasteiger partial charge in [-0.2, -0.15) is 0 Å². The molecule has 0 heterocycles. The van der Waals surface area contributed by atoms with Gasteiger partial charge >= 0.3 is 0 Å². The van der Waals surface area contributed by atoms with Crippen LogP contribution in [0.3, 0.4) is 0 Å². The van der Waals surface area contributed by atoms with Crippen LogP contribution in [-0.2, 0) is 4.79 Å². The lowest BCUT2D eigenvalue weighted by molar-refractivity contribution is -0.117. The largest absolute Gasteiger partial charge is 0.496 e. The summed E-state index contributed by atoms with van der Waals surface area (Å²) in [6, 6.07) is 3.47. The summed E-state index contributed by atoms with van der Waals surface area (Å²) in [5.74, 6) is -2.00. The molecule has 1 N–H and O–H groups in total. The third kappa shape index (κ3) is 4.33. The molecule has 6 heteroatoms. The Labute approximate surface area is 111 Å². The van der Waals surface area contributed by atoms with E-state index in [-0.39, 0.29) is 11.3 Å². The summed E-state index contributed by atoms with van der Waals surface area (Å²) < 4.78 is 18.1. The summed E-state index contributed by atoms with van der Waals surface area (Å²) in [7, 11) is 5.06. The lowest BCUT2D eigenvalue weighted by atomic mass is 10.1. The normalized spacial score (nSPS) is 10.4. The summed E-state index contributed by atoms with van der Waals surface area (Å²) >= 11 is 0. The van der Waals surface area contributed by atoms with Crippen LogP contribution in [0.5, 0.6) is 5.75 Å². The second kappa shape index (κ2) is 6.84. The lowest BCUT2D eigenvalue weighted by Crippen LogP contribution is -2.36. The fraction of sp³-hybridized carbons (Fsp3) is 0.385. The molecule has 1 aromatic rings. The van der Waals surface area contributed by atoms with Gasteiger partial charge in [-0.05, 0) is 32.3 Å². The number of hydrogen-bond donors (Lipinski definition) is 1. The molecule has 0 spiro atoms. The van der Waals surface area contributed by atoms with E-state index >= 15 is 0 Å². The number of rotatable bonds is 6. The molecule has 0 aliphatic rings. The quantitative estimate of drug-likeness (QED) is 0.609. The highest BCUT2D eigenvalue weighted by molar-refractivity contribution is 6.43. The van der Waals surface area contributed by atoms with E-state index in [0.29, 0.717) is 13.1 Å². The molecule has 0 atom stereocenters. The number of nitrogens with one attached hydrogen (secondary N) is 1. The van der Waals surface area contributed by atoms with Crippen LogP contribution in [-0.4, -0.2) is 50.9 Å². The third-order valence-corrected chi connectivity index (χ3v) is 2.46. The molecule has 1 aromatic carbocycles. The van der Waals surface area contributed by atoms with Crippen molar-refractivity contribution in [2.75, 3.05) is 34.3 Å². The zero-order valence-electron chi connectivity index (χ0n) is 11.2. The number of carbonyl (C=O) groups excluding carboxylic acids is 2. The van der Waals surface area contributed by atoms with Crippen LogP contribution in [0.2, 0.25) is 0 Å². The molecule has 5 nitrogen and oxygen atoms in total. The Kier molecular flexibility index (Phi) is 5.44. The number of hydrogen-bond acceptors (Lipinski definition) is 4. The molecule has 0 aromatic heterocycles. The van der Waals surface area contributed by atoms with Gasteiger partial charge in [0, 0.05) is 13.1 Å². The predicted molar refractivity (Wildman–Crippen MR) is 68.8 cm³/mol. The molecule has 0 fully saturated rings. The molecule has 0 radical (unpaired) electrons. The zero-order chi connectivity index (χ0) is 14.4. The first-order chi connectivity index (χ1) is 8.95. The average Bonchev–Trinajstić information content (AvgIpc) is 2.37. The molecule has 1 amide bonds. The smallest absolute Gasteiger partial charge is 0.292 e. The molecule has 0 unspecified atom stereocenters. The van der Waals surface area contributed by atoms with Crippen molar-refractivity contribution in [2.24, 2.45) is 0 Å². The number of ether oxygens (including phenoxy) is 1. The van der Waals surface area contributed by atoms with Crippen molar-refractivity contribution in [1.82, 2.24) is 10.2 Å². The number of likely N-dealkylation sites (N-methyl/N-ethyl adjacent to an activating group) is 1. The summed E-state index contributed by atoms with van der Waals surface area (Å²) in [5.41, 5.74) is -0.0788. The van der Waals surface area contributed by atoms with E-state index in [1.165, 1.54) is 19.2 Å². The summed E-state index contributed by atoms with van der Waals surface area (Å²) in [6.07, 6.45) is 0. The van der Waals surface area contributed by atoms with Crippen LogP contribution < -0.4 is 10.1 Å². The van der Waals surface area contributed by atoms with Crippen LogP contribution >= 0.6 is 0 Å². The Morgan fingerprint density at radius 2 is 2.05 bits per heavy atom. The second-order valence-electron chi connectivity index (χ2n) is 4.23. The third-order valence-electron chi connectivity index (χ3n) is 2.46. The maximum atomic E-state index is 13.1. The fourth-order valence-electron chi connectivity index (χ4n) is 1.45. The van der Waals surface area contributed by atoms with Crippen LogP contribution in [0.25, 0.3) is 0 Å². The monoisotopic (exact) mass is 268 g/mol. The predicted octanol–water partition coefficient (Wildman–Crippen LogP) is 0.695. The first kappa shape index (κ1) is 15.1. The number of benzene rings is 1. The molecular formula is C13H17FN2O3. The molecule has 0 aliphatic heterocycles. The average molecular weight is 268 g/mol. The molecule has 0 saturated carbocycles. The standard InChI is InChI=1S/C13H17FN2O3/c1-16(2)7-6-15-13(18)12(17)10-8-9(14)4-5-11(10)19-3/h4-5,8H,6-7H2,1-3H3,(H,15,18). The van der Waals surface area contributed by atoms with E-state index < -0.39 is 17.5 Å². The van der Waals surface area contributed by atoms with Gasteiger partial charge in [0.15, 0.2) is 0 Å². The summed E-state index contributed by atoms with van der Waals surface area (Å²) in [4.78, 5) is 25.4. The molecule has 1 rings (SSSR count). The van der Waals surface area contributed by atoms with Gasteiger partial charge in [0.1, 0.15) is 11.6 Å². The Balaban J connectivity index is 2.76. The highest BCUT2D eigenvalue weighted by Gasteiger charge is 2.20. The number of methoxy groups -OCH3 is 1. The van der Waals surface area contributed by atoms with Gasteiger partial charge in [-0.1, -0.05) is 0 Å². The lowest BCUT2D eigenvalue weighted by Gasteiger charge is -2.11. The van der Waals surface area contributed by atoms with Gasteiger partial charge < -0.3 is 15.0 Å². The van der Waals surface area contributed by atoms with Crippen molar-refractivity contribution in [2.45, 2.75) is 0 Å². The summed E-state index contributed by atoms with van der Waals surface area (Å²) in [6.45, 7) is 0.953. The Morgan fingerprint density at radius 1 is 1.37 bits per heavy atom. The van der Waals surface area contributed by atoms with Gasteiger partial charge in [0.05, 0.1) is 12.7 Å². The number of Topliss-reactive ketones (excluding diaryl/α,β-unsaturated/α-hetero) is 1. The minimum absolute atomic E-state index is 0.0788. The second-order valence-corrected chi connectivity index (χ2v) is 4.23. The number of ketones is 1. The first-order valence-electron chi connectivity index (χ1n) is 5.76. The molecule has 0 bridgehead atoms. The van der Waals surface area contributed by atoms with Gasteiger partial charge in [-0.15, -0.1) is 0 Å². The highest BCUT2D eigenvalue weighted by atomic mass is 19.1. The molecule has 0 saturated heterocycles. The van der Waals surface area contributed by atoms with Crippen LogP contribution in [0.15, 0.2) is 18.2 Å². The fourth-order valence-corrected chi connectivity index (χ4v) is 1.45. The van der Waals surface area contributed by atoms with E-state index in [1.807, 2.05) is 19.0 Å². The van der Waals surface area contributed by atoms with Gasteiger partial charge in [-0.3, -0.25) is 9.59 Å². The van der Waals surface area contributed by atoms with Gasteiger partial charge in [-0.25, -0.2) is 4.39 Å². The minimum Gasteiger partial charge on any atom is -0.496 e. The number of halogens is 1. The topological polar surface area (TPSA) is 58.6 Å². The maximum absolute atomic E-state index is 13.1. The highest BCUT2D eigenvalue weighted by Crippen LogP contribution is 2.19. The summed E-state index contributed by atoms with van der Waals surface area (Å²) in [5, 5.41) is 2.47. The van der Waals surface area contributed by atoms with Crippen molar-refractivity contribution in [3.63, 3.8) is 0 Å². The zero-order valence-corrected chi connectivity index (χ0v) is 11.2. The number of carbonyl (C=O) groups is 2. The molecule has 0 aliphatic carbocycles. The van der Waals surface area contributed by atoms with Crippen molar-refractivity contribution in [3.05, 3.63) is 29.6 Å². The Hall–Kier alpha value is -1.95. The van der Waals surface area contributed by atoms with E-state index in [9.17, 15) is 14.0 Å². The minimum atomic E-state index is -0.810.